The fourth-order valence-corrected chi connectivity index (χ4v) is 3.13. The Hall–Kier alpha value is -1.62. The third kappa shape index (κ3) is 2.29. The molecule has 1 aliphatic heterocycles. The maximum atomic E-state index is 13.6. The van der Waals surface area contributed by atoms with Crippen LogP contribution in [0.4, 0.5) is 10.1 Å². The lowest BCUT2D eigenvalue weighted by Gasteiger charge is -2.43. The molecule has 1 aromatic carbocycles. The van der Waals surface area contributed by atoms with Gasteiger partial charge in [0, 0.05) is 10.7 Å². The van der Waals surface area contributed by atoms with Gasteiger partial charge < -0.3 is 5.32 Å². The summed E-state index contributed by atoms with van der Waals surface area (Å²) >= 11 is 5.87. The molecule has 2 unspecified atom stereocenters. The summed E-state index contributed by atoms with van der Waals surface area (Å²) in [5.41, 5.74) is -0.596. The maximum Gasteiger partial charge on any atom is 0.253 e. The Bertz CT molecular complexity index is 612. The molecule has 0 aromatic heterocycles. The van der Waals surface area contributed by atoms with Gasteiger partial charge in [-0.3, -0.25) is 14.5 Å². The molecule has 1 saturated heterocycles. The van der Waals surface area contributed by atoms with Crippen LogP contribution in [0.1, 0.15) is 26.7 Å². The van der Waals surface area contributed by atoms with Gasteiger partial charge in [0.2, 0.25) is 5.91 Å². The molecule has 2 aliphatic rings. The number of amides is 2. The number of nitrogens with one attached hydrogen (secondary N) is 1. The van der Waals surface area contributed by atoms with E-state index >= 15 is 0 Å². The highest BCUT2D eigenvalue weighted by Crippen LogP contribution is 2.43. The lowest BCUT2D eigenvalue weighted by atomic mass is 9.89. The molecule has 1 aromatic rings. The number of nitrogens with zero attached hydrogens (tertiary/aromatic N) is 1. The monoisotopic (exact) mass is 310 g/mol. The number of hydrogen-bond donors (Lipinski definition) is 1. The minimum Gasteiger partial charge on any atom is -0.340 e. The quantitative estimate of drug-likeness (QED) is 0.912. The fraction of sp³-hybridized carbons (Fsp3) is 0.467. The van der Waals surface area contributed by atoms with E-state index in [1.54, 1.807) is 13.8 Å². The highest BCUT2D eigenvalue weighted by Gasteiger charge is 2.54. The van der Waals surface area contributed by atoms with E-state index in [9.17, 15) is 14.0 Å². The Balaban J connectivity index is 2.05. The predicted molar refractivity (Wildman–Crippen MR) is 77.6 cm³/mol. The van der Waals surface area contributed by atoms with Gasteiger partial charge >= 0.3 is 0 Å². The molecule has 0 radical (unpaired) electrons. The van der Waals surface area contributed by atoms with Crippen LogP contribution < -0.4 is 10.2 Å². The summed E-state index contributed by atoms with van der Waals surface area (Å²) < 4.78 is 13.6. The molecule has 3 rings (SSSR count). The van der Waals surface area contributed by atoms with E-state index in [-0.39, 0.29) is 22.8 Å². The third-order valence-electron chi connectivity index (χ3n) is 4.33. The molecule has 21 heavy (non-hydrogen) atoms. The fourth-order valence-electron chi connectivity index (χ4n) is 2.91. The van der Waals surface area contributed by atoms with Crippen LogP contribution in [0, 0.1) is 11.7 Å². The summed E-state index contributed by atoms with van der Waals surface area (Å²) in [5.74, 6) is -0.826. The summed E-state index contributed by atoms with van der Waals surface area (Å²) in [5, 5.41) is 3.02. The highest BCUT2D eigenvalue weighted by molar-refractivity contribution is 6.31. The Labute approximate surface area is 127 Å². The van der Waals surface area contributed by atoms with Gasteiger partial charge in [-0.05, 0) is 50.8 Å². The molecule has 6 heteroatoms. The van der Waals surface area contributed by atoms with Gasteiger partial charge in [0.25, 0.3) is 5.91 Å². The molecule has 1 heterocycles. The predicted octanol–water partition coefficient (Wildman–Crippen LogP) is 2.50. The number of rotatable bonds is 2. The normalized spacial score (nSPS) is 29.5. The molecule has 1 saturated carbocycles. The number of anilines is 1. The number of carbonyl (C=O) groups excluding carboxylic acids is 2. The van der Waals surface area contributed by atoms with Crippen molar-refractivity contribution in [3.63, 3.8) is 0 Å². The largest absolute Gasteiger partial charge is 0.340 e. The zero-order valence-electron chi connectivity index (χ0n) is 11.8. The number of piperazine rings is 1. The van der Waals surface area contributed by atoms with E-state index in [0.29, 0.717) is 5.69 Å². The van der Waals surface area contributed by atoms with Crippen molar-refractivity contribution >= 4 is 29.1 Å². The van der Waals surface area contributed by atoms with E-state index in [1.165, 1.54) is 23.1 Å². The number of benzene rings is 1. The first-order chi connectivity index (χ1) is 9.83. The molecule has 1 N–H and O–H groups in total. The van der Waals surface area contributed by atoms with Crippen LogP contribution in [0.2, 0.25) is 5.02 Å². The minimum absolute atomic E-state index is 0.146. The van der Waals surface area contributed by atoms with Gasteiger partial charge in [0.1, 0.15) is 17.4 Å². The van der Waals surface area contributed by atoms with E-state index in [2.05, 4.69) is 5.32 Å². The van der Waals surface area contributed by atoms with Crippen LogP contribution >= 0.6 is 11.6 Å². The van der Waals surface area contributed by atoms with Crippen LogP contribution in [0.25, 0.3) is 0 Å². The second-order valence-electron chi connectivity index (χ2n) is 5.94. The summed E-state index contributed by atoms with van der Waals surface area (Å²) in [6.07, 6.45) is 1.82. The van der Waals surface area contributed by atoms with Gasteiger partial charge in [-0.2, -0.15) is 0 Å². The van der Waals surface area contributed by atoms with Crippen molar-refractivity contribution in [2.45, 2.75) is 38.3 Å². The van der Waals surface area contributed by atoms with Crippen molar-refractivity contribution in [2.24, 2.45) is 5.92 Å². The summed E-state index contributed by atoms with van der Waals surface area (Å²) in [7, 11) is 0. The van der Waals surface area contributed by atoms with Gasteiger partial charge in [0.05, 0.1) is 0 Å². The van der Waals surface area contributed by atoms with E-state index in [4.69, 9.17) is 11.6 Å². The van der Waals surface area contributed by atoms with E-state index < -0.39 is 17.4 Å². The van der Waals surface area contributed by atoms with Gasteiger partial charge in [-0.1, -0.05) is 11.6 Å². The highest BCUT2D eigenvalue weighted by atomic mass is 35.5. The molecule has 112 valence electrons. The molecule has 4 nitrogen and oxygen atoms in total. The van der Waals surface area contributed by atoms with Crippen molar-refractivity contribution in [3.8, 4) is 0 Å². The first-order valence-corrected chi connectivity index (χ1v) is 7.32. The topological polar surface area (TPSA) is 49.4 Å². The smallest absolute Gasteiger partial charge is 0.253 e. The third-order valence-corrected chi connectivity index (χ3v) is 4.55. The average molecular weight is 311 g/mol. The lowest BCUT2D eigenvalue weighted by Crippen LogP contribution is -2.69. The Morgan fingerprint density at radius 1 is 1.33 bits per heavy atom. The molecule has 2 fully saturated rings. The number of carbonyl (C=O) groups is 2. The van der Waals surface area contributed by atoms with Gasteiger partial charge in [0.15, 0.2) is 0 Å². The zero-order valence-corrected chi connectivity index (χ0v) is 12.6. The van der Waals surface area contributed by atoms with Crippen LogP contribution in [-0.4, -0.2) is 23.4 Å². The molecule has 2 amide bonds. The molecule has 0 spiro atoms. The van der Waals surface area contributed by atoms with Gasteiger partial charge in [-0.25, -0.2) is 4.39 Å². The molecule has 1 aliphatic carbocycles. The number of hydrogen-bond acceptors (Lipinski definition) is 2. The Morgan fingerprint density at radius 2 is 2.00 bits per heavy atom. The van der Waals surface area contributed by atoms with Gasteiger partial charge in [-0.15, -0.1) is 0 Å². The Kier molecular flexibility index (Phi) is 3.20. The summed E-state index contributed by atoms with van der Waals surface area (Å²) in [4.78, 5) is 26.4. The van der Waals surface area contributed by atoms with E-state index in [1.807, 2.05) is 0 Å². The molecule has 2 atom stereocenters. The Morgan fingerprint density at radius 3 is 2.57 bits per heavy atom. The van der Waals surface area contributed by atoms with Crippen LogP contribution in [0.3, 0.4) is 0 Å². The second-order valence-corrected chi connectivity index (χ2v) is 6.38. The molecular weight excluding hydrogens is 295 g/mol. The van der Waals surface area contributed by atoms with Crippen LogP contribution in [0.15, 0.2) is 18.2 Å². The lowest BCUT2D eigenvalue weighted by molar-refractivity contribution is -0.138. The van der Waals surface area contributed by atoms with Crippen LogP contribution in [-0.2, 0) is 9.59 Å². The van der Waals surface area contributed by atoms with Crippen molar-refractivity contribution in [1.29, 1.82) is 0 Å². The second kappa shape index (κ2) is 4.70. The minimum atomic E-state index is -0.914. The van der Waals surface area contributed by atoms with Crippen molar-refractivity contribution in [2.75, 3.05) is 4.90 Å². The number of halogens is 2. The molecular formula is C15H16ClFN2O2. The zero-order chi connectivity index (χ0) is 15.4. The first kappa shape index (κ1) is 14.3. The summed E-state index contributed by atoms with van der Waals surface area (Å²) in [6, 6.07) is 3.21. The first-order valence-electron chi connectivity index (χ1n) is 6.94. The van der Waals surface area contributed by atoms with Crippen molar-refractivity contribution < 1.29 is 14.0 Å². The van der Waals surface area contributed by atoms with E-state index in [0.717, 1.165) is 12.8 Å². The SMILES string of the molecule is CC1C(=O)NC(C)(C2CC2)C(=O)N1c1cc(F)cc(Cl)c1. The maximum absolute atomic E-state index is 13.6. The standard InChI is InChI=1S/C15H16ClFN2O2/c1-8-13(20)18-15(2,9-3-4-9)14(21)19(8)12-6-10(16)5-11(17)7-12/h5-9H,3-4H2,1-2H3,(H,18,20). The van der Waals surface area contributed by atoms with Crippen molar-refractivity contribution in [3.05, 3.63) is 29.0 Å². The summed E-state index contributed by atoms with van der Waals surface area (Å²) in [6.45, 7) is 3.36. The average Bonchev–Trinajstić information content (AvgIpc) is 3.20. The van der Waals surface area contributed by atoms with Crippen molar-refractivity contribution in [1.82, 2.24) is 5.32 Å². The van der Waals surface area contributed by atoms with Crippen LogP contribution in [0.5, 0.6) is 0 Å². The molecule has 0 bridgehead atoms.